The number of halogens is 2. The minimum atomic E-state index is -0.833. The van der Waals surface area contributed by atoms with Crippen molar-refractivity contribution in [3.63, 3.8) is 0 Å². The third kappa shape index (κ3) is 14.0. The van der Waals surface area contributed by atoms with E-state index in [2.05, 4.69) is 78.9 Å². The van der Waals surface area contributed by atoms with Crippen molar-refractivity contribution >= 4 is 45.9 Å². The van der Waals surface area contributed by atoms with E-state index in [9.17, 15) is 0 Å². The molecule has 0 heterocycles. The molecule has 0 unspecified atom stereocenters. The number of carboxylic acids is 1. The van der Waals surface area contributed by atoms with Gasteiger partial charge in [0.15, 0.2) is 0 Å². The molecule has 2 rings (SSSR count). The van der Waals surface area contributed by atoms with Gasteiger partial charge < -0.3 is 10.2 Å². The second-order valence-electron chi connectivity index (χ2n) is 5.63. The minimum absolute atomic E-state index is 0.151. The molecule has 0 atom stereocenters. The zero-order valence-corrected chi connectivity index (χ0v) is 21.9. The molecule has 2 aromatic carbocycles. The van der Waals surface area contributed by atoms with Crippen molar-refractivity contribution in [2.75, 3.05) is 0 Å². The summed E-state index contributed by atoms with van der Waals surface area (Å²) in [6.45, 7) is 11.7. The first kappa shape index (κ1) is 28.1. The van der Waals surface area contributed by atoms with Crippen LogP contribution in [0.2, 0.25) is 0 Å². The third-order valence-corrected chi connectivity index (χ3v) is 3.68. The number of aliphatic hydroxyl groups is 1. The van der Waals surface area contributed by atoms with Crippen molar-refractivity contribution in [2.45, 2.75) is 48.1 Å². The van der Waals surface area contributed by atoms with Crippen LogP contribution >= 0.6 is 40.0 Å². The monoisotopic (exact) mass is 621 g/mol. The molecule has 0 amide bonds. The van der Waals surface area contributed by atoms with E-state index in [1.165, 1.54) is 27.8 Å². The molecule has 0 bridgehead atoms. The van der Waals surface area contributed by atoms with Crippen molar-refractivity contribution in [2.24, 2.45) is 0 Å². The van der Waals surface area contributed by atoms with E-state index < -0.39 is 5.97 Å². The van der Waals surface area contributed by atoms with Crippen LogP contribution in [0.1, 0.15) is 40.3 Å². The van der Waals surface area contributed by atoms with E-state index in [0.29, 0.717) is 9.47 Å². The number of hydrogen-bond donors (Lipinski definition) is 2. The van der Waals surface area contributed by atoms with Gasteiger partial charge in [0.25, 0.3) is 5.97 Å². The second kappa shape index (κ2) is 17.0. The number of hydrogen-bond acceptors (Lipinski definition) is 2. The SMILES string of the molecule is CC(=O)O.Cc1cccc(C)c1C.Cc1cccc(C)c1CO.[I][V][I]. The average Bonchev–Trinajstić information content (AvgIpc) is 2.54. The van der Waals surface area contributed by atoms with Crippen LogP contribution in [0.15, 0.2) is 36.4 Å². The molecule has 0 saturated carbocycles. The molecule has 0 aromatic heterocycles. The summed E-state index contributed by atoms with van der Waals surface area (Å²) in [6, 6.07) is 12.4. The van der Waals surface area contributed by atoms with Crippen LogP contribution in [-0.2, 0) is 20.9 Å². The molecule has 0 saturated heterocycles. The molecule has 0 fully saturated rings. The van der Waals surface area contributed by atoms with Crippen LogP contribution in [0, 0.1) is 34.6 Å². The van der Waals surface area contributed by atoms with E-state index in [4.69, 9.17) is 15.0 Å². The van der Waals surface area contributed by atoms with E-state index in [-0.39, 0.29) is 6.61 Å². The maximum absolute atomic E-state index is 9.00. The van der Waals surface area contributed by atoms with E-state index in [1.54, 1.807) is 0 Å². The van der Waals surface area contributed by atoms with Crippen LogP contribution in [0.4, 0.5) is 0 Å². The van der Waals surface area contributed by atoms with Gasteiger partial charge in [0.1, 0.15) is 0 Å². The van der Waals surface area contributed by atoms with Gasteiger partial charge in [-0.25, -0.2) is 0 Å². The number of carbonyl (C=O) groups is 1. The summed E-state index contributed by atoms with van der Waals surface area (Å²) in [7, 11) is 0.628. The average molecular weight is 621 g/mol. The van der Waals surface area contributed by atoms with Crippen LogP contribution < -0.4 is 0 Å². The molecular formula is C20H28I2O3V. The van der Waals surface area contributed by atoms with Gasteiger partial charge in [-0.2, -0.15) is 0 Å². The van der Waals surface area contributed by atoms with E-state index in [0.717, 1.165) is 12.5 Å². The van der Waals surface area contributed by atoms with Gasteiger partial charge in [-0.3, -0.25) is 4.79 Å². The number of carboxylic acid groups (broad SMARTS) is 1. The first-order chi connectivity index (χ1) is 12.1. The quantitative estimate of drug-likeness (QED) is 0.370. The van der Waals surface area contributed by atoms with Gasteiger partial charge in [0, 0.05) is 6.92 Å². The predicted molar refractivity (Wildman–Crippen MR) is 124 cm³/mol. The molecule has 26 heavy (non-hydrogen) atoms. The Labute approximate surface area is 186 Å². The molecule has 3 nitrogen and oxygen atoms in total. The van der Waals surface area contributed by atoms with Crippen molar-refractivity contribution < 1.29 is 24.5 Å². The number of benzene rings is 2. The Morgan fingerprint density at radius 2 is 1.15 bits per heavy atom. The van der Waals surface area contributed by atoms with E-state index >= 15 is 0 Å². The summed E-state index contributed by atoms with van der Waals surface area (Å²) in [5.41, 5.74) is 7.58. The normalized spacial score (nSPS) is 8.65. The Kier molecular flexibility index (Phi) is 18.4. The van der Waals surface area contributed by atoms with Crippen LogP contribution in [0.25, 0.3) is 0 Å². The van der Waals surface area contributed by atoms with Gasteiger partial charge in [0.05, 0.1) is 6.61 Å². The van der Waals surface area contributed by atoms with Gasteiger partial charge in [-0.15, -0.1) is 0 Å². The Bertz CT molecular complexity index is 617. The molecule has 0 aliphatic heterocycles. The zero-order valence-electron chi connectivity index (χ0n) is 16.2. The maximum atomic E-state index is 9.00. The summed E-state index contributed by atoms with van der Waals surface area (Å²) in [5, 5.41) is 16.3. The summed E-state index contributed by atoms with van der Waals surface area (Å²) >= 11 is 4.74. The summed E-state index contributed by atoms with van der Waals surface area (Å²) in [5.74, 6) is -0.833. The Hall–Kier alpha value is -0.0856. The zero-order chi connectivity index (χ0) is 20.7. The van der Waals surface area contributed by atoms with Gasteiger partial charge >= 0.3 is 49.4 Å². The van der Waals surface area contributed by atoms with Crippen molar-refractivity contribution in [3.8, 4) is 0 Å². The number of aliphatic hydroxyl groups excluding tert-OH is 1. The summed E-state index contributed by atoms with van der Waals surface area (Å²) in [6.07, 6.45) is 0. The number of aryl methyl sites for hydroxylation is 4. The standard InChI is InChI=1S/C9H12O.C9H12.C2H4O2.2HI.V/c1-7-4-3-5-8(2)9(7)6-10;1-7-5-4-6-8(2)9(7)3;1-2(3)4;;;/h3-5,10H,6H2,1-2H3;4-6H,1-3H3;1H3,(H,3,4);2*1H;/q;;;;;+2/p-2. The molecule has 0 aliphatic carbocycles. The van der Waals surface area contributed by atoms with Gasteiger partial charge in [-0.1, -0.05) is 36.4 Å². The van der Waals surface area contributed by atoms with Crippen molar-refractivity contribution in [1.29, 1.82) is 0 Å². The fourth-order valence-electron chi connectivity index (χ4n) is 2.00. The molecule has 0 aliphatic rings. The summed E-state index contributed by atoms with van der Waals surface area (Å²) in [4.78, 5) is 9.00. The fraction of sp³-hybridized carbons (Fsp3) is 0.350. The van der Waals surface area contributed by atoms with Gasteiger partial charge in [0.2, 0.25) is 0 Å². The molecule has 2 N–H and O–H groups in total. The molecule has 145 valence electrons. The first-order valence-corrected chi connectivity index (χ1v) is 16.9. The molecular weight excluding hydrogens is 593 g/mol. The van der Waals surface area contributed by atoms with E-state index in [1.807, 2.05) is 32.0 Å². The van der Waals surface area contributed by atoms with Gasteiger partial charge in [-0.05, 0) is 68.0 Å². The Balaban J connectivity index is 0. The third-order valence-electron chi connectivity index (χ3n) is 3.68. The second-order valence-corrected chi connectivity index (χ2v) is 17.4. The van der Waals surface area contributed by atoms with Crippen LogP contribution in [-0.4, -0.2) is 16.2 Å². The van der Waals surface area contributed by atoms with Crippen molar-refractivity contribution in [3.05, 3.63) is 69.8 Å². The van der Waals surface area contributed by atoms with Crippen LogP contribution in [0.5, 0.6) is 0 Å². The number of rotatable bonds is 1. The van der Waals surface area contributed by atoms with Crippen molar-refractivity contribution in [1.82, 2.24) is 0 Å². The Morgan fingerprint density at radius 1 is 0.885 bits per heavy atom. The molecule has 0 spiro atoms. The fourth-order valence-corrected chi connectivity index (χ4v) is 2.00. The first-order valence-electron chi connectivity index (χ1n) is 7.92. The summed E-state index contributed by atoms with van der Waals surface area (Å²) < 4.78 is 0. The predicted octanol–water partition coefficient (Wildman–Crippen LogP) is 6.27. The van der Waals surface area contributed by atoms with Crippen LogP contribution in [0.3, 0.4) is 0 Å². The number of aliphatic carboxylic acids is 1. The molecule has 0 radical (unpaired) electrons. The topological polar surface area (TPSA) is 57.5 Å². The Morgan fingerprint density at radius 3 is 1.35 bits per heavy atom. The molecule has 6 heteroatoms. The molecule has 2 aromatic rings.